The molecular formula is C57H76ClFN10O4S. The van der Waals surface area contributed by atoms with Crippen molar-refractivity contribution in [1.82, 2.24) is 40.3 Å². The molecule has 74 heavy (non-hydrogen) atoms. The molecule has 6 heterocycles. The molecule has 4 aliphatic heterocycles. The molecule has 4 N–H and O–H groups in total. The van der Waals surface area contributed by atoms with Crippen LogP contribution in [0.15, 0.2) is 54.0 Å². The number of imidazole rings is 1. The Morgan fingerprint density at radius 1 is 0.919 bits per heavy atom. The van der Waals surface area contributed by atoms with E-state index in [-0.39, 0.29) is 42.5 Å². The monoisotopic (exact) mass is 1050 g/mol. The van der Waals surface area contributed by atoms with Gasteiger partial charge in [-0.25, -0.2) is 14.4 Å². The van der Waals surface area contributed by atoms with E-state index in [1.54, 1.807) is 11.3 Å². The minimum absolute atomic E-state index is 0.0341. The number of hydrogen-bond acceptors (Lipinski definition) is 11. The number of carbonyl (C=O) groups excluding carboxylic acids is 3. The number of rotatable bonds is 19. The molecule has 4 atom stereocenters. The lowest BCUT2D eigenvalue weighted by Crippen LogP contribution is -2.71. The number of likely N-dealkylation sites (tertiary alicyclic amines) is 1. The first kappa shape index (κ1) is 53.7. The molecule has 0 unspecified atom stereocenters. The Hall–Kier alpha value is -5.13. The number of halogens is 2. The molecule has 9 rings (SSSR count). The third kappa shape index (κ3) is 11.9. The number of hydrogen-bond donors (Lipinski definition) is 4. The highest BCUT2D eigenvalue weighted by Crippen LogP contribution is 2.41. The quantitative estimate of drug-likeness (QED) is 0.0593. The summed E-state index contributed by atoms with van der Waals surface area (Å²) < 4.78 is 16.9. The van der Waals surface area contributed by atoms with Crippen LogP contribution in [0.5, 0.6) is 0 Å². The summed E-state index contributed by atoms with van der Waals surface area (Å²) in [6.45, 7) is 22.7. The number of unbranched alkanes of at least 4 members (excludes halogenated alkanes) is 5. The van der Waals surface area contributed by atoms with Crippen molar-refractivity contribution in [2.24, 2.45) is 10.8 Å². The van der Waals surface area contributed by atoms with E-state index in [0.717, 1.165) is 147 Å². The normalized spacial score (nSPS) is 19.7. The van der Waals surface area contributed by atoms with Crippen molar-refractivity contribution >= 4 is 63.3 Å². The van der Waals surface area contributed by atoms with Gasteiger partial charge in [0, 0.05) is 82.2 Å². The number of piperazine rings is 1. The number of aliphatic hydroxyl groups is 1. The predicted octanol–water partition coefficient (Wildman–Crippen LogP) is 8.56. The molecule has 4 fully saturated rings. The van der Waals surface area contributed by atoms with Crippen LogP contribution in [-0.2, 0) is 20.9 Å². The number of aryl methyl sites for hydroxylation is 3. The summed E-state index contributed by atoms with van der Waals surface area (Å²) in [6.07, 6.45) is 5.65. The highest BCUT2D eigenvalue weighted by atomic mass is 35.5. The molecule has 3 aromatic carbocycles. The van der Waals surface area contributed by atoms with Crippen LogP contribution in [-0.4, -0.2) is 131 Å². The van der Waals surface area contributed by atoms with Gasteiger partial charge in [-0.15, -0.1) is 11.3 Å². The van der Waals surface area contributed by atoms with Crippen LogP contribution >= 0.6 is 22.9 Å². The fraction of sp³-hybridized carbons (Fsp3) is 0.561. The maximum atomic E-state index is 14.7. The number of fused-ring (bicyclic) bond motifs is 1. The fourth-order valence-corrected chi connectivity index (χ4v) is 12.5. The Morgan fingerprint density at radius 2 is 1.59 bits per heavy atom. The van der Waals surface area contributed by atoms with Crippen LogP contribution in [0.4, 0.5) is 16.0 Å². The van der Waals surface area contributed by atoms with E-state index in [1.165, 1.54) is 4.90 Å². The van der Waals surface area contributed by atoms with Gasteiger partial charge in [0.05, 0.1) is 46.0 Å². The number of carbonyl (C=O) groups is 3. The Morgan fingerprint density at radius 3 is 2.23 bits per heavy atom. The Bertz CT molecular complexity index is 2790. The number of thiazole rings is 1. The minimum Gasteiger partial charge on any atom is -0.391 e. The average Bonchev–Trinajstić information content (AvgIpc) is 4.05. The van der Waals surface area contributed by atoms with Crippen LogP contribution in [0.1, 0.15) is 113 Å². The highest BCUT2D eigenvalue weighted by Gasteiger charge is 2.49. The third-order valence-corrected chi connectivity index (χ3v) is 17.0. The zero-order chi connectivity index (χ0) is 52.5. The third-order valence-electron chi connectivity index (χ3n) is 15.9. The Kier molecular flexibility index (Phi) is 16.4. The molecule has 1 spiro atoms. The van der Waals surface area contributed by atoms with Crippen LogP contribution in [0, 0.1) is 37.4 Å². The molecular weight excluding hydrogens is 975 g/mol. The van der Waals surface area contributed by atoms with Crippen molar-refractivity contribution in [2.45, 2.75) is 131 Å². The van der Waals surface area contributed by atoms with Crippen molar-refractivity contribution in [3.63, 3.8) is 0 Å². The number of benzene rings is 3. The van der Waals surface area contributed by atoms with Crippen LogP contribution in [0.25, 0.3) is 21.5 Å². The van der Waals surface area contributed by atoms with Crippen molar-refractivity contribution in [3.8, 4) is 10.4 Å². The molecule has 398 valence electrons. The first-order chi connectivity index (χ1) is 35.4. The second-order valence-corrected chi connectivity index (χ2v) is 24.2. The van der Waals surface area contributed by atoms with Crippen molar-refractivity contribution in [1.29, 1.82) is 0 Å². The first-order valence-electron chi connectivity index (χ1n) is 26.8. The second-order valence-electron chi connectivity index (χ2n) is 22.9. The average molecular weight is 1050 g/mol. The summed E-state index contributed by atoms with van der Waals surface area (Å²) >= 11 is 8.49. The van der Waals surface area contributed by atoms with Gasteiger partial charge in [-0.1, -0.05) is 94.5 Å². The van der Waals surface area contributed by atoms with Gasteiger partial charge in [0.1, 0.15) is 23.4 Å². The number of anilines is 2. The molecule has 0 saturated carbocycles. The summed E-state index contributed by atoms with van der Waals surface area (Å²) in [5.74, 6) is -0.0552. The lowest BCUT2D eigenvalue weighted by Gasteiger charge is -2.56. The van der Waals surface area contributed by atoms with E-state index < -0.39 is 23.6 Å². The van der Waals surface area contributed by atoms with Gasteiger partial charge in [0.25, 0.3) is 0 Å². The van der Waals surface area contributed by atoms with E-state index in [1.807, 2.05) is 96.4 Å². The molecule has 17 heteroatoms. The van der Waals surface area contributed by atoms with Crippen molar-refractivity contribution in [2.75, 3.05) is 75.2 Å². The van der Waals surface area contributed by atoms with Gasteiger partial charge in [-0.3, -0.25) is 19.3 Å². The molecule has 3 amide bonds. The number of β-amino-alcohol motifs (C(OH)–C–C–N with tert-alkyl or cyclic N) is 1. The highest BCUT2D eigenvalue weighted by molar-refractivity contribution is 7.13. The zero-order valence-electron chi connectivity index (χ0n) is 44.4. The summed E-state index contributed by atoms with van der Waals surface area (Å²) in [5, 5.41) is 20.9. The zero-order valence-corrected chi connectivity index (χ0v) is 46.0. The summed E-state index contributed by atoms with van der Waals surface area (Å²) in [6, 6.07) is 14.0. The van der Waals surface area contributed by atoms with E-state index in [2.05, 4.69) is 46.3 Å². The van der Waals surface area contributed by atoms with Gasteiger partial charge < -0.3 is 40.3 Å². The smallest absolute Gasteiger partial charge is 0.246 e. The maximum Gasteiger partial charge on any atom is 0.246 e. The standard InChI is InChI=1S/C57H76ClFN10O4S/c1-36-24-40(25-37(2)49(36)59)29-69-46-27-43(58)26-45(50(46)64-55(69)67-33-57(34-67)31-60-32-57)66-22-20-65(21-23-66)19-13-11-9-8-10-12-14-48(71)63-52(56(5,6)7)54(73)68-30-44(70)28-47(68)53(72)62-38(3)41-15-17-42(18-16-41)51-39(4)61-35-74-51/h15-18,24-27,35,38,44,47,52,60,70H,8-14,19-23,28-34H2,1-7H3,(H,62,72)(H,63,71)/t38-,44+,47-,52+/m0/s1. The molecule has 2 aromatic heterocycles. The lowest BCUT2D eigenvalue weighted by molar-refractivity contribution is -0.144. The molecule has 0 bridgehead atoms. The van der Waals surface area contributed by atoms with Gasteiger partial charge in [-0.2, -0.15) is 0 Å². The molecule has 4 aliphatic rings. The number of aliphatic hydroxyl groups excluding tert-OH is 1. The second kappa shape index (κ2) is 22.6. The number of nitrogens with one attached hydrogen (secondary N) is 3. The molecule has 14 nitrogen and oxygen atoms in total. The van der Waals surface area contributed by atoms with Crippen molar-refractivity contribution in [3.05, 3.63) is 92.8 Å². The fourth-order valence-electron chi connectivity index (χ4n) is 11.5. The van der Waals surface area contributed by atoms with Crippen molar-refractivity contribution < 1.29 is 23.9 Å². The number of amides is 3. The molecule has 5 aromatic rings. The molecule has 4 saturated heterocycles. The van der Waals surface area contributed by atoms with Gasteiger partial charge in [0.15, 0.2) is 0 Å². The van der Waals surface area contributed by atoms with E-state index >= 15 is 0 Å². The molecule has 0 radical (unpaired) electrons. The summed E-state index contributed by atoms with van der Waals surface area (Å²) in [5.41, 5.74) is 9.90. The van der Waals surface area contributed by atoms with E-state index in [0.29, 0.717) is 34.5 Å². The van der Waals surface area contributed by atoms with Crippen LogP contribution < -0.4 is 25.8 Å². The van der Waals surface area contributed by atoms with E-state index in [4.69, 9.17) is 16.6 Å². The van der Waals surface area contributed by atoms with Gasteiger partial charge in [-0.05, 0) is 92.4 Å². The summed E-state index contributed by atoms with van der Waals surface area (Å²) in [4.78, 5) is 60.9. The number of aromatic nitrogens is 3. The topological polar surface area (TPSA) is 151 Å². The first-order valence-corrected chi connectivity index (χ1v) is 28.1. The Labute approximate surface area is 445 Å². The maximum absolute atomic E-state index is 14.7. The largest absolute Gasteiger partial charge is 0.391 e. The van der Waals surface area contributed by atoms with Gasteiger partial charge in [0.2, 0.25) is 23.7 Å². The van der Waals surface area contributed by atoms with Crippen LogP contribution in [0.3, 0.4) is 0 Å². The van der Waals surface area contributed by atoms with Crippen LogP contribution in [0.2, 0.25) is 5.02 Å². The number of nitrogens with zero attached hydrogens (tertiary/aromatic N) is 7. The predicted molar refractivity (Wildman–Crippen MR) is 295 cm³/mol. The van der Waals surface area contributed by atoms with Gasteiger partial charge >= 0.3 is 0 Å². The minimum atomic E-state index is -0.851. The molecule has 0 aliphatic carbocycles. The summed E-state index contributed by atoms with van der Waals surface area (Å²) in [7, 11) is 0. The SMILES string of the molecule is Cc1cc(Cn2c(N3CC4(CNC4)C3)nc3c(N4CCN(CCCCCCCCC(=O)N[C@H](C(=O)N5C[C@H](O)C[C@H]5C(=O)N[C@@H](C)c5ccc(-c6scnc6C)cc5)C(C)(C)C)CC4)cc(Cl)cc32)cc(C)c1F. The van der Waals surface area contributed by atoms with E-state index in [9.17, 15) is 23.9 Å². The Balaban J connectivity index is 0.706. The lowest BCUT2D eigenvalue weighted by atomic mass is 9.75.